The van der Waals surface area contributed by atoms with E-state index in [1.165, 1.54) is 44.5 Å². The summed E-state index contributed by atoms with van der Waals surface area (Å²) in [5, 5.41) is 0. The molecule has 2 aliphatic carbocycles. The van der Waals surface area contributed by atoms with Gasteiger partial charge in [-0.25, -0.2) is 0 Å². The first-order valence-corrected chi connectivity index (χ1v) is 9.15. The van der Waals surface area contributed by atoms with Crippen molar-refractivity contribution in [3.63, 3.8) is 0 Å². The van der Waals surface area contributed by atoms with Crippen molar-refractivity contribution in [3.05, 3.63) is 95.6 Å². The largest absolute Gasteiger partial charge is 0.457 e. The summed E-state index contributed by atoms with van der Waals surface area (Å²) in [6, 6.07) is 16.9. The highest BCUT2D eigenvalue weighted by atomic mass is 16.5. The fourth-order valence-corrected chi connectivity index (χ4v) is 4.29. The number of hydrogen-bond acceptors (Lipinski definition) is 3. The van der Waals surface area contributed by atoms with E-state index in [2.05, 4.69) is 58.5 Å². The molecule has 0 bridgehead atoms. The average Bonchev–Trinajstić information content (AvgIpc) is 3.25. The Kier molecular flexibility index (Phi) is 3.00. The fraction of sp³-hybridized carbons (Fsp3) is 0.0833. The van der Waals surface area contributed by atoms with E-state index in [1.807, 2.05) is 24.8 Å². The lowest BCUT2D eigenvalue weighted by Crippen LogP contribution is -1.89. The van der Waals surface area contributed by atoms with Crippen LogP contribution in [-0.2, 0) is 12.8 Å². The minimum Gasteiger partial charge on any atom is -0.457 e. The molecule has 0 fully saturated rings. The van der Waals surface area contributed by atoms with E-state index >= 15 is 0 Å². The third-order valence-corrected chi connectivity index (χ3v) is 5.54. The maximum Gasteiger partial charge on any atom is 0.127 e. The Morgan fingerprint density at radius 3 is 1.56 bits per heavy atom. The predicted molar refractivity (Wildman–Crippen MR) is 105 cm³/mol. The van der Waals surface area contributed by atoms with Gasteiger partial charge in [-0.15, -0.1) is 0 Å². The second kappa shape index (κ2) is 5.52. The van der Waals surface area contributed by atoms with Crippen molar-refractivity contribution in [3.8, 4) is 33.8 Å². The van der Waals surface area contributed by atoms with Crippen LogP contribution >= 0.6 is 0 Å². The van der Waals surface area contributed by atoms with Gasteiger partial charge in [-0.2, -0.15) is 0 Å². The molecule has 6 rings (SSSR count). The summed E-state index contributed by atoms with van der Waals surface area (Å²) in [6.07, 6.45) is 9.48. The van der Waals surface area contributed by atoms with E-state index in [-0.39, 0.29) is 0 Å². The summed E-state index contributed by atoms with van der Waals surface area (Å²) >= 11 is 0. The van der Waals surface area contributed by atoms with Crippen molar-refractivity contribution in [2.75, 3.05) is 0 Å². The number of hydrogen-bond donors (Lipinski definition) is 0. The molecule has 0 unspecified atom stereocenters. The molecule has 2 heterocycles. The van der Waals surface area contributed by atoms with Crippen LogP contribution in [0, 0.1) is 0 Å². The molecule has 0 aliphatic heterocycles. The quantitative estimate of drug-likeness (QED) is 0.419. The van der Waals surface area contributed by atoms with Gasteiger partial charge in [-0.1, -0.05) is 12.1 Å². The van der Waals surface area contributed by atoms with Crippen molar-refractivity contribution in [2.24, 2.45) is 0 Å². The van der Waals surface area contributed by atoms with Gasteiger partial charge in [-0.3, -0.25) is 9.97 Å². The standard InChI is InChI=1S/C24H16N2O/c1-3-21-15(9-17-13-25-7-5-23(17)21)11-19(1)27-20-2-4-22-16(12-20)10-18-14-26-8-6-24(18)22/h1-8,11-14H,9-10H2. The summed E-state index contributed by atoms with van der Waals surface area (Å²) in [7, 11) is 0. The molecule has 0 atom stereocenters. The molecule has 128 valence electrons. The van der Waals surface area contributed by atoms with Crippen LogP contribution in [0.2, 0.25) is 0 Å². The van der Waals surface area contributed by atoms with Gasteiger partial charge in [0.2, 0.25) is 0 Å². The van der Waals surface area contributed by atoms with Crippen LogP contribution in [0.15, 0.2) is 73.3 Å². The number of benzene rings is 2. The van der Waals surface area contributed by atoms with Crippen LogP contribution in [0.4, 0.5) is 0 Å². The minimum absolute atomic E-state index is 0.881. The van der Waals surface area contributed by atoms with Crippen molar-refractivity contribution < 1.29 is 4.74 Å². The van der Waals surface area contributed by atoms with E-state index in [4.69, 9.17) is 4.74 Å². The van der Waals surface area contributed by atoms with Crippen LogP contribution in [-0.4, -0.2) is 9.97 Å². The van der Waals surface area contributed by atoms with Crippen LogP contribution in [0.1, 0.15) is 22.3 Å². The molecule has 3 nitrogen and oxygen atoms in total. The third kappa shape index (κ3) is 2.28. The fourth-order valence-electron chi connectivity index (χ4n) is 4.29. The highest BCUT2D eigenvalue weighted by Crippen LogP contribution is 2.40. The molecular weight excluding hydrogens is 332 g/mol. The zero-order chi connectivity index (χ0) is 17.8. The molecule has 0 radical (unpaired) electrons. The number of ether oxygens (including phenoxy) is 1. The second-order valence-corrected chi connectivity index (χ2v) is 7.16. The van der Waals surface area contributed by atoms with Gasteiger partial charge < -0.3 is 4.74 Å². The Labute approximate surface area is 157 Å². The smallest absolute Gasteiger partial charge is 0.127 e. The Hall–Kier alpha value is -3.46. The Morgan fingerprint density at radius 1 is 0.556 bits per heavy atom. The molecule has 0 saturated carbocycles. The Balaban J connectivity index is 1.31. The minimum atomic E-state index is 0.881. The average molecular weight is 348 g/mol. The molecule has 2 aromatic carbocycles. The van der Waals surface area contributed by atoms with Crippen molar-refractivity contribution in [1.82, 2.24) is 9.97 Å². The maximum atomic E-state index is 6.20. The first kappa shape index (κ1) is 14.7. The number of fused-ring (bicyclic) bond motifs is 6. The lowest BCUT2D eigenvalue weighted by molar-refractivity contribution is 0.482. The first-order chi connectivity index (χ1) is 13.3. The van der Waals surface area contributed by atoms with E-state index in [0.717, 1.165) is 24.3 Å². The van der Waals surface area contributed by atoms with Gasteiger partial charge in [0, 0.05) is 37.6 Å². The van der Waals surface area contributed by atoms with Gasteiger partial charge in [0.25, 0.3) is 0 Å². The van der Waals surface area contributed by atoms with Crippen molar-refractivity contribution in [1.29, 1.82) is 0 Å². The lowest BCUT2D eigenvalue weighted by atomic mass is 10.1. The van der Waals surface area contributed by atoms with E-state index in [1.54, 1.807) is 0 Å². The summed E-state index contributed by atoms with van der Waals surface area (Å²) in [4.78, 5) is 8.49. The molecule has 4 aromatic rings. The Morgan fingerprint density at radius 2 is 1.04 bits per heavy atom. The molecule has 0 spiro atoms. The topological polar surface area (TPSA) is 35.0 Å². The highest BCUT2D eigenvalue weighted by Gasteiger charge is 2.20. The van der Waals surface area contributed by atoms with E-state index < -0.39 is 0 Å². The van der Waals surface area contributed by atoms with Gasteiger partial charge in [0.1, 0.15) is 11.5 Å². The maximum absolute atomic E-state index is 6.20. The molecular formula is C24H16N2O. The van der Waals surface area contributed by atoms with Crippen molar-refractivity contribution >= 4 is 0 Å². The molecule has 2 aliphatic rings. The van der Waals surface area contributed by atoms with Gasteiger partial charge >= 0.3 is 0 Å². The molecule has 27 heavy (non-hydrogen) atoms. The van der Waals surface area contributed by atoms with Crippen molar-refractivity contribution in [2.45, 2.75) is 12.8 Å². The number of pyridine rings is 2. The van der Waals surface area contributed by atoms with Crippen LogP contribution < -0.4 is 4.74 Å². The molecule has 3 heteroatoms. The second-order valence-electron chi connectivity index (χ2n) is 7.16. The van der Waals surface area contributed by atoms with Gasteiger partial charge in [0.15, 0.2) is 0 Å². The summed E-state index contributed by atoms with van der Waals surface area (Å²) in [6.45, 7) is 0. The Bertz CT molecular complexity index is 1120. The monoisotopic (exact) mass is 348 g/mol. The molecule has 0 saturated heterocycles. The number of rotatable bonds is 2. The zero-order valence-electron chi connectivity index (χ0n) is 14.6. The predicted octanol–water partition coefficient (Wildman–Crippen LogP) is 5.41. The first-order valence-electron chi connectivity index (χ1n) is 9.15. The van der Waals surface area contributed by atoms with E-state index in [9.17, 15) is 0 Å². The third-order valence-electron chi connectivity index (χ3n) is 5.54. The number of aromatic nitrogens is 2. The molecule has 0 amide bonds. The molecule has 0 N–H and O–H groups in total. The molecule has 2 aromatic heterocycles. The van der Waals surface area contributed by atoms with Gasteiger partial charge in [0.05, 0.1) is 0 Å². The van der Waals surface area contributed by atoms with Crippen LogP contribution in [0.3, 0.4) is 0 Å². The highest BCUT2D eigenvalue weighted by molar-refractivity contribution is 5.78. The van der Waals surface area contributed by atoms with E-state index in [0.29, 0.717) is 0 Å². The lowest BCUT2D eigenvalue weighted by Gasteiger charge is -2.10. The van der Waals surface area contributed by atoms with Gasteiger partial charge in [-0.05, 0) is 80.9 Å². The van der Waals surface area contributed by atoms with Crippen LogP contribution in [0.5, 0.6) is 11.5 Å². The summed E-state index contributed by atoms with van der Waals surface area (Å²) in [5.74, 6) is 1.76. The number of nitrogens with zero attached hydrogens (tertiary/aromatic N) is 2. The summed E-state index contributed by atoms with van der Waals surface area (Å²) < 4.78 is 6.20. The van der Waals surface area contributed by atoms with Crippen LogP contribution in [0.25, 0.3) is 22.3 Å². The summed E-state index contributed by atoms with van der Waals surface area (Å²) in [5.41, 5.74) is 10.3. The normalized spacial score (nSPS) is 12.9. The zero-order valence-corrected chi connectivity index (χ0v) is 14.6. The SMILES string of the molecule is c1cc2c(cn1)Cc1cc(Oc3ccc4c(c3)Cc3cnccc3-4)ccc1-2.